The number of phosphoric acid groups is 1. The van der Waals surface area contributed by atoms with Crippen molar-refractivity contribution in [2.24, 2.45) is 0 Å². The van der Waals surface area contributed by atoms with Crippen molar-refractivity contribution in [3.05, 3.63) is 0 Å². The molecule has 1 rings (SSSR count). The monoisotopic (exact) mass is 376 g/mol. The molecular weight excluding hydrogens is 360 g/mol. The van der Waals surface area contributed by atoms with Gasteiger partial charge in [0.1, 0.15) is 6.61 Å². The first-order valence-electron chi connectivity index (χ1n) is 6.77. The largest absolute Gasteiger partial charge is 0.474 e. The Hall–Kier alpha value is -0.380. The van der Waals surface area contributed by atoms with Crippen LogP contribution in [-0.2, 0) is 18.1 Å². The van der Waals surface area contributed by atoms with Crippen LogP contribution in [0.15, 0.2) is 0 Å². The Morgan fingerprint density at radius 3 is 1.70 bits per heavy atom. The van der Waals surface area contributed by atoms with Gasteiger partial charge in [-0.2, -0.15) is 30.7 Å². The van der Waals surface area contributed by atoms with E-state index in [2.05, 4.69) is 13.6 Å². The Morgan fingerprint density at radius 2 is 1.26 bits per heavy atom. The first-order chi connectivity index (χ1) is 10.4. The average Bonchev–Trinajstić information content (AvgIpc) is 2.43. The zero-order valence-electron chi connectivity index (χ0n) is 11.9. The fourth-order valence-electron chi connectivity index (χ4n) is 1.66. The highest BCUT2D eigenvalue weighted by Crippen LogP contribution is 2.53. The summed E-state index contributed by atoms with van der Waals surface area (Å²) in [5, 5.41) is 0. The van der Waals surface area contributed by atoms with Crippen molar-refractivity contribution < 1.29 is 48.9 Å². The molecular formula is C11H16F7O4P. The Labute approximate surface area is 127 Å². The third-order valence-electron chi connectivity index (χ3n) is 3.01. The molecule has 23 heavy (non-hydrogen) atoms. The number of alkyl halides is 7. The summed E-state index contributed by atoms with van der Waals surface area (Å²) in [5.41, 5.74) is 0. The van der Waals surface area contributed by atoms with Gasteiger partial charge in [0.25, 0.3) is 0 Å². The average molecular weight is 376 g/mol. The molecule has 0 N–H and O–H groups in total. The second-order valence-corrected chi connectivity index (χ2v) is 6.60. The van der Waals surface area contributed by atoms with Crippen LogP contribution < -0.4 is 0 Å². The van der Waals surface area contributed by atoms with Gasteiger partial charge < -0.3 is 0 Å². The first-order valence-corrected chi connectivity index (χ1v) is 8.23. The van der Waals surface area contributed by atoms with Gasteiger partial charge in [0, 0.05) is 0 Å². The Morgan fingerprint density at radius 1 is 0.826 bits per heavy atom. The summed E-state index contributed by atoms with van der Waals surface area (Å²) in [7, 11) is -4.63. The van der Waals surface area contributed by atoms with E-state index in [-0.39, 0.29) is 13.2 Å². The topological polar surface area (TPSA) is 44.8 Å². The summed E-state index contributed by atoms with van der Waals surface area (Å²) in [5.74, 6) is -12.0. The maximum absolute atomic E-state index is 13.1. The van der Waals surface area contributed by atoms with Crippen molar-refractivity contribution in [3.63, 3.8) is 0 Å². The number of hydrogen-bond acceptors (Lipinski definition) is 4. The third-order valence-corrected chi connectivity index (χ3v) is 4.45. The van der Waals surface area contributed by atoms with E-state index in [9.17, 15) is 35.3 Å². The number of phosphoric ester groups is 1. The van der Waals surface area contributed by atoms with Gasteiger partial charge >= 0.3 is 25.8 Å². The lowest BCUT2D eigenvalue weighted by Crippen LogP contribution is -2.54. The predicted octanol–water partition coefficient (Wildman–Crippen LogP) is 4.94. The Kier molecular flexibility index (Phi) is 6.89. The maximum Gasteiger partial charge on any atom is 0.474 e. The van der Waals surface area contributed by atoms with Crippen molar-refractivity contribution in [2.45, 2.75) is 50.1 Å². The molecule has 0 aromatic carbocycles. The minimum Gasteiger partial charge on any atom is -0.287 e. The molecule has 0 unspecified atom stereocenters. The molecule has 1 saturated heterocycles. The Bertz CT molecular complexity index is 413. The summed E-state index contributed by atoms with van der Waals surface area (Å²) >= 11 is 0. The third kappa shape index (κ3) is 5.58. The second kappa shape index (κ2) is 7.67. The lowest BCUT2D eigenvalue weighted by Gasteiger charge is -2.29. The van der Waals surface area contributed by atoms with Crippen LogP contribution >= 0.6 is 7.82 Å². The van der Waals surface area contributed by atoms with Crippen molar-refractivity contribution in [1.29, 1.82) is 0 Å². The maximum atomic E-state index is 13.1. The fraction of sp³-hybridized carbons (Fsp3) is 1.00. The molecule has 4 nitrogen and oxygen atoms in total. The molecule has 0 atom stereocenters. The van der Waals surface area contributed by atoms with Crippen LogP contribution in [0.1, 0.15) is 32.1 Å². The van der Waals surface area contributed by atoms with Gasteiger partial charge in [0.15, 0.2) is 0 Å². The predicted molar refractivity (Wildman–Crippen MR) is 64.5 cm³/mol. The lowest BCUT2D eigenvalue weighted by atomic mass is 10.1. The summed E-state index contributed by atoms with van der Waals surface area (Å²) in [6, 6.07) is 0. The van der Waals surface area contributed by atoms with Crippen LogP contribution in [0.3, 0.4) is 0 Å². The fourth-order valence-corrected chi connectivity index (χ4v) is 2.91. The lowest BCUT2D eigenvalue weighted by molar-refractivity contribution is -0.358. The van der Waals surface area contributed by atoms with Crippen LogP contribution in [-0.4, -0.2) is 37.8 Å². The van der Waals surface area contributed by atoms with Crippen molar-refractivity contribution in [3.8, 4) is 0 Å². The molecule has 1 aliphatic rings. The summed E-state index contributed by atoms with van der Waals surface area (Å²) in [4.78, 5) is 0. The van der Waals surface area contributed by atoms with Crippen LogP contribution in [0, 0.1) is 0 Å². The van der Waals surface area contributed by atoms with E-state index >= 15 is 0 Å². The van der Waals surface area contributed by atoms with Gasteiger partial charge in [-0.15, -0.1) is 0 Å². The molecule has 0 radical (unpaired) electrons. The van der Waals surface area contributed by atoms with E-state index in [0.29, 0.717) is 25.7 Å². The first kappa shape index (κ1) is 20.7. The van der Waals surface area contributed by atoms with E-state index in [1.807, 2.05) is 0 Å². The zero-order chi connectivity index (χ0) is 17.8. The van der Waals surface area contributed by atoms with Gasteiger partial charge in [0.05, 0.1) is 13.2 Å². The Balaban J connectivity index is 2.73. The molecule has 0 bridgehead atoms. The van der Waals surface area contributed by atoms with Gasteiger partial charge in [-0.05, 0) is 12.8 Å². The highest BCUT2D eigenvalue weighted by Gasteiger charge is 2.73. The van der Waals surface area contributed by atoms with E-state index in [4.69, 9.17) is 0 Å². The highest BCUT2D eigenvalue weighted by atomic mass is 31.2. The molecule has 0 aliphatic carbocycles. The van der Waals surface area contributed by atoms with E-state index in [1.54, 1.807) is 0 Å². The normalized spacial score (nSPS) is 21.9. The summed E-state index contributed by atoms with van der Waals surface area (Å²) < 4.78 is 113. The van der Waals surface area contributed by atoms with Gasteiger partial charge in [-0.25, -0.2) is 4.57 Å². The smallest absolute Gasteiger partial charge is 0.287 e. The van der Waals surface area contributed by atoms with E-state index < -0.39 is 32.5 Å². The number of halogens is 7. The molecule has 1 fully saturated rings. The molecule has 0 saturated carbocycles. The van der Waals surface area contributed by atoms with Crippen LogP contribution in [0.25, 0.3) is 0 Å². The van der Waals surface area contributed by atoms with E-state index in [0.717, 1.165) is 6.42 Å². The van der Waals surface area contributed by atoms with Gasteiger partial charge in [-0.1, -0.05) is 19.3 Å². The minimum absolute atomic E-state index is 0.210. The number of hydrogen-bond donors (Lipinski definition) is 0. The van der Waals surface area contributed by atoms with Crippen molar-refractivity contribution in [2.75, 3.05) is 19.8 Å². The zero-order valence-corrected chi connectivity index (χ0v) is 12.8. The molecule has 1 aliphatic heterocycles. The summed E-state index contributed by atoms with van der Waals surface area (Å²) in [6.07, 6.45) is -3.46. The minimum atomic E-state index is -6.48. The molecule has 0 spiro atoms. The molecule has 1 heterocycles. The van der Waals surface area contributed by atoms with Crippen molar-refractivity contribution in [1.82, 2.24) is 0 Å². The molecule has 12 heteroatoms. The molecule has 0 aromatic rings. The van der Waals surface area contributed by atoms with Crippen LogP contribution in [0.4, 0.5) is 30.7 Å². The van der Waals surface area contributed by atoms with Gasteiger partial charge in [0.2, 0.25) is 0 Å². The molecule has 138 valence electrons. The second-order valence-electron chi connectivity index (χ2n) is 4.93. The number of rotatable bonds is 4. The SMILES string of the molecule is O=P1(OCC(F)(F)C(F)(F)C(F)(F)F)OCCCCCCCO1. The van der Waals surface area contributed by atoms with Crippen molar-refractivity contribution >= 4 is 7.82 Å². The van der Waals surface area contributed by atoms with Gasteiger partial charge in [-0.3, -0.25) is 13.6 Å². The standard InChI is InChI=1S/C11H16F7O4P/c12-9(13,10(14,15)11(16,17)18)8-22-23(19)20-6-4-2-1-3-5-7-21-23/h1-8H2. The van der Waals surface area contributed by atoms with E-state index in [1.165, 1.54) is 0 Å². The summed E-state index contributed by atoms with van der Waals surface area (Å²) in [6.45, 7) is -2.87. The highest BCUT2D eigenvalue weighted by molar-refractivity contribution is 7.48. The van der Waals surface area contributed by atoms with Crippen LogP contribution in [0.5, 0.6) is 0 Å². The molecule has 0 amide bonds. The molecule has 0 aromatic heterocycles. The van der Waals surface area contributed by atoms with Crippen LogP contribution in [0.2, 0.25) is 0 Å². The quantitative estimate of drug-likeness (QED) is 0.515.